The number of amides is 1. The van der Waals surface area contributed by atoms with Crippen LogP contribution in [0, 0.1) is 0 Å². The number of hydrogen-bond donors (Lipinski definition) is 2. The molecule has 0 spiro atoms. The second-order valence-electron chi connectivity index (χ2n) is 2.54. The van der Waals surface area contributed by atoms with Crippen molar-refractivity contribution in [1.82, 2.24) is 9.55 Å². The number of carbonyl (C=O) groups excluding carboxylic acids is 1. The van der Waals surface area contributed by atoms with Gasteiger partial charge in [0.2, 0.25) is 0 Å². The Morgan fingerprint density at radius 1 is 1.75 bits per heavy atom. The van der Waals surface area contributed by atoms with Gasteiger partial charge in [0.25, 0.3) is 5.91 Å². The summed E-state index contributed by atoms with van der Waals surface area (Å²) in [6.07, 6.45) is 2.47. The Balaban J connectivity index is 2.96. The summed E-state index contributed by atoms with van der Waals surface area (Å²) in [5.41, 5.74) is 10.8. The maximum absolute atomic E-state index is 10.7. The Labute approximate surface area is 70.4 Å². The van der Waals surface area contributed by atoms with Crippen molar-refractivity contribution >= 4 is 11.7 Å². The summed E-state index contributed by atoms with van der Waals surface area (Å²) in [6, 6.07) is 0. The minimum Gasteiger partial charge on any atom is -0.383 e. The minimum absolute atomic E-state index is 0.156. The maximum atomic E-state index is 10.7. The van der Waals surface area contributed by atoms with Crippen molar-refractivity contribution in [2.24, 2.45) is 5.73 Å². The number of nitrogens with zero attached hydrogens (tertiary/aromatic N) is 2. The van der Waals surface area contributed by atoms with E-state index in [1.807, 2.05) is 6.92 Å². The molecule has 0 saturated heterocycles. The molecule has 0 fully saturated rings. The standard InChI is InChI=1S/C7H12N4O/c1-2-3-11-4-10-5(6(11)8)7(9)12/h4H,2-3,8H2,1H3,(H2,9,12). The van der Waals surface area contributed by atoms with Gasteiger partial charge in [-0.1, -0.05) is 6.92 Å². The number of imidazole rings is 1. The van der Waals surface area contributed by atoms with E-state index < -0.39 is 5.91 Å². The molecule has 0 aliphatic carbocycles. The average Bonchev–Trinajstić information content (AvgIpc) is 2.34. The molecule has 0 radical (unpaired) electrons. The summed E-state index contributed by atoms with van der Waals surface area (Å²) < 4.78 is 1.71. The van der Waals surface area contributed by atoms with Gasteiger partial charge in [-0.2, -0.15) is 0 Å². The molecule has 0 unspecified atom stereocenters. The van der Waals surface area contributed by atoms with Gasteiger partial charge in [-0.25, -0.2) is 4.98 Å². The lowest BCUT2D eigenvalue weighted by Gasteiger charge is -2.00. The number of aromatic nitrogens is 2. The fourth-order valence-corrected chi connectivity index (χ4v) is 1.00. The van der Waals surface area contributed by atoms with Crippen LogP contribution in [0.2, 0.25) is 0 Å². The molecule has 4 N–H and O–H groups in total. The van der Waals surface area contributed by atoms with Crippen LogP contribution in [0.25, 0.3) is 0 Å². The van der Waals surface area contributed by atoms with E-state index in [0.29, 0.717) is 5.82 Å². The molecule has 0 atom stereocenters. The Hall–Kier alpha value is -1.52. The van der Waals surface area contributed by atoms with E-state index in [0.717, 1.165) is 13.0 Å². The Morgan fingerprint density at radius 3 is 2.83 bits per heavy atom. The number of hydrogen-bond acceptors (Lipinski definition) is 3. The molecule has 0 aromatic carbocycles. The number of nitrogen functional groups attached to an aromatic ring is 1. The molecule has 0 bridgehead atoms. The lowest BCUT2D eigenvalue weighted by Crippen LogP contribution is -2.14. The summed E-state index contributed by atoms with van der Waals surface area (Å²) in [4.78, 5) is 14.5. The van der Waals surface area contributed by atoms with Crippen LogP contribution in [0.1, 0.15) is 23.8 Å². The second kappa shape index (κ2) is 3.25. The molecule has 0 aliphatic rings. The van der Waals surface area contributed by atoms with Crippen molar-refractivity contribution in [3.63, 3.8) is 0 Å². The summed E-state index contributed by atoms with van der Waals surface area (Å²) >= 11 is 0. The predicted octanol–water partition coefficient (Wildman–Crippen LogP) is -0.0258. The molecule has 1 rings (SSSR count). The van der Waals surface area contributed by atoms with Crippen molar-refractivity contribution in [2.45, 2.75) is 19.9 Å². The highest BCUT2D eigenvalue weighted by Gasteiger charge is 2.11. The highest BCUT2D eigenvalue weighted by Crippen LogP contribution is 2.09. The predicted molar refractivity (Wildman–Crippen MR) is 45.4 cm³/mol. The fraction of sp³-hybridized carbons (Fsp3) is 0.429. The molecule has 12 heavy (non-hydrogen) atoms. The number of nitrogens with two attached hydrogens (primary N) is 2. The fourth-order valence-electron chi connectivity index (χ4n) is 1.00. The zero-order valence-corrected chi connectivity index (χ0v) is 6.95. The zero-order valence-electron chi connectivity index (χ0n) is 6.95. The molecule has 1 aromatic heterocycles. The largest absolute Gasteiger partial charge is 0.383 e. The molecular weight excluding hydrogens is 156 g/mol. The van der Waals surface area contributed by atoms with Crippen molar-refractivity contribution < 1.29 is 4.79 Å². The highest BCUT2D eigenvalue weighted by atomic mass is 16.1. The third-order valence-electron chi connectivity index (χ3n) is 1.58. The van der Waals surface area contributed by atoms with Crippen LogP contribution in [0.4, 0.5) is 5.82 Å². The molecule has 1 aromatic rings. The Bertz CT molecular complexity index is 292. The van der Waals surface area contributed by atoms with Gasteiger partial charge in [0, 0.05) is 6.54 Å². The SMILES string of the molecule is CCCn1cnc(C(N)=O)c1N. The molecule has 1 heterocycles. The van der Waals surface area contributed by atoms with Gasteiger partial charge in [-0.3, -0.25) is 4.79 Å². The third-order valence-corrected chi connectivity index (χ3v) is 1.58. The number of aryl methyl sites for hydroxylation is 1. The lowest BCUT2D eigenvalue weighted by molar-refractivity contribution is 0.0997. The quantitative estimate of drug-likeness (QED) is 0.664. The molecule has 0 saturated carbocycles. The van der Waals surface area contributed by atoms with Gasteiger partial charge in [-0.05, 0) is 6.42 Å². The van der Waals surface area contributed by atoms with Crippen LogP contribution in [0.3, 0.4) is 0 Å². The van der Waals surface area contributed by atoms with Crippen molar-refractivity contribution in [1.29, 1.82) is 0 Å². The van der Waals surface area contributed by atoms with E-state index in [4.69, 9.17) is 11.5 Å². The third kappa shape index (κ3) is 1.39. The first kappa shape index (κ1) is 8.58. The average molecular weight is 168 g/mol. The number of anilines is 1. The van der Waals surface area contributed by atoms with Crippen LogP contribution in [-0.4, -0.2) is 15.5 Å². The molecule has 1 amide bonds. The highest BCUT2D eigenvalue weighted by molar-refractivity contribution is 5.95. The van der Waals surface area contributed by atoms with E-state index in [2.05, 4.69) is 4.98 Å². The number of rotatable bonds is 3. The number of primary amides is 1. The lowest BCUT2D eigenvalue weighted by atomic mass is 10.4. The number of carbonyl (C=O) groups is 1. The van der Waals surface area contributed by atoms with Gasteiger partial charge in [0.1, 0.15) is 5.82 Å². The van der Waals surface area contributed by atoms with Crippen LogP contribution in [0.5, 0.6) is 0 Å². The molecule has 66 valence electrons. The van der Waals surface area contributed by atoms with E-state index in [9.17, 15) is 4.79 Å². The van der Waals surface area contributed by atoms with Crippen LogP contribution in [-0.2, 0) is 6.54 Å². The smallest absolute Gasteiger partial charge is 0.271 e. The monoisotopic (exact) mass is 168 g/mol. The van der Waals surface area contributed by atoms with Crippen molar-refractivity contribution in [3.05, 3.63) is 12.0 Å². The van der Waals surface area contributed by atoms with Gasteiger partial charge in [0.05, 0.1) is 6.33 Å². The molecule has 5 nitrogen and oxygen atoms in total. The van der Waals surface area contributed by atoms with E-state index in [1.165, 1.54) is 6.33 Å². The summed E-state index contributed by atoms with van der Waals surface area (Å²) in [6.45, 7) is 2.77. The Morgan fingerprint density at radius 2 is 2.42 bits per heavy atom. The van der Waals surface area contributed by atoms with Crippen LogP contribution < -0.4 is 11.5 Å². The summed E-state index contributed by atoms with van der Waals surface area (Å²) in [5.74, 6) is -0.230. The molecular formula is C7H12N4O. The topological polar surface area (TPSA) is 86.9 Å². The van der Waals surface area contributed by atoms with Gasteiger partial charge in [0.15, 0.2) is 5.69 Å². The summed E-state index contributed by atoms with van der Waals surface area (Å²) in [5, 5.41) is 0. The second-order valence-corrected chi connectivity index (χ2v) is 2.54. The first-order valence-electron chi connectivity index (χ1n) is 3.77. The van der Waals surface area contributed by atoms with Crippen molar-refractivity contribution in [2.75, 3.05) is 5.73 Å². The van der Waals surface area contributed by atoms with E-state index in [-0.39, 0.29) is 5.69 Å². The molecule has 5 heteroatoms. The Kier molecular flexibility index (Phi) is 2.32. The first-order chi connectivity index (χ1) is 5.66. The van der Waals surface area contributed by atoms with Crippen LogP contribution >= 0.6 is 0 Å². The van der Waals surface area contributed by atoms with Gasteiger partial charge < -0.3 is 16.0 Å². The van der Waals surface area contributed by atoms with Crippen LogP contribution in [0.15, 0.2) is 6.33 Å². The van der Waals surface area contributed by atoms with E-state index in [1.54, 1.807) is 4.57 Å². The van der Waals surface area contributed by atoms with Gasteiger partial charge >= 0.3 is 0 Å². The van der Waals surface area contributed by atoms with Gasteiger partial charge in [-0.15, -0.1) is 0 Å². The van der Waals surface area contributed by atoms with E-state index >= 15 is 0 Å². The minimum atomic E-state index is -0.581. The molecule has 0 aliphatic heterocycles. The normalized spacial score (nSPS) is 10.1. The zero-order chi connectivity index (χ0) is 9.14. The maximum Gasteiger partial charge on any atom is 0.271 e. The first-order valence-corrected chi connectivity index (χ1v) is 3.77. The van der Waals surface area contributed by atoms with Crippen molar-refractivity contribution in [3.8, 4) is 0 Å². The summed E-state index contributed by atoms with van der Waals surface area (Å²) in [7, 11) is 0.